The highest BCUT2D eigenvalue weighted by atomic mass is 16.2. The quantitative estimate of drug-likeness (QED) is 0.369. The zero-order chi connectivity index (χ0) is 21.8. The van der Waals surface area contributed by atoms with Crippen molar-refractivity contribution in [2.75, 3.05) is 0 Å². The van der Waals surface area contributed by atoms with Crippen molar-refractivity contribution in [2.45, 2.75) is 141 Å². The monoisotopic (exact) mass is 420 g/mol. The first kappa shape index (κ1) is 24.9. The summed E-state index contributed by atoms with van der Waals surface area (Å²) in [4.78, 5) is 39.6. The van der Waals surface area contributed by atoms with Gasteiger partial charge in [-0.25, -0.2) is 0 Å². The smallest absolute Gasteiger partial charge is 0.252 e. The fourth-order valence-corrected chi connectivity index (χ4v) is 5.08. The van der Waals surface area contributed by atoms with Crippen LogP contribution in [0.25, 0.3) is 0 Å². The van der Waals surface area contributed by atoms with E-state index in [1.54, 1.807) is 6.92 Å². The lowest BCUT2D eigenvalue weighted by Crippen LogP contribution is -2.70. The topological polar surface area (TPSA) is 66.5 Å². The molecule has 0 aromatic rings. The van der Waals surface area contributed by atoms with Crippen molar-refractivity contribution in [2.24, 2.45) is 0 Å². The molecule has 5 heteroatoms. The Morgan fingerprint density at radius 2 is 1.33 bits per heavy atom. The van der Waals surface area contributed by atoms with E-state index >= 15 is 0 Å². The summed E-state index contributed by atoms with van der Waals surface area (Å²) in [6, 6.07) is -0.598. The molecule has 1 atom stereocenters. The number of imide groups is 1. The number of rotatable bonds is 14. The zero-order valence-corrected chi connectivity index (χ0v) is 19.5. The second kappa shape index (κ2) is 13.1. The van der Waals surface area contributed by atoms with Gasteiger partial charge in [0.15, 0.2) is 0 Å². The maximum Gasteiger partial charge on any atom is 0.252 e. The lowest BCUT2D eigenvalue weighted by molar-refractivity contribution is -0.165. The molecule has 0 aromatic carbocycles. The van der Waals surface area contributed by atoms with Crippen LogP contribution in [0.4, 0.5) is 0 Å². The molecule has 0 aromatic heterocycles. The average Bonchev–Trinajstić information content (AvgIpc) is 3.21. The van der Waals surface area contributed by atoms with Gasteiger partial charge in [-0.1, -0.05) is 96.8 Å². The predicted molar refractivity (Wildman–Crippen MR) is 121 cm³/mol. The fraction of sp³-hybridized carbons (Fsp3) is 0.880. The van der Waals surface area contributed by atoms with Crippen LogP contribution < -0.4 is 5.32 Å². The normalized spacial score (nSPS) is 20.7. The van der Waals surface area contributed by atoms with Gasteiger partial charge in [-0.15, -0.1) is 0 Å². The first-order chi connectivity index (χ1) is 14.5. The molecule has 1 unspecified atom stereocenters. The molecule has 5 nitrogen and oxygen atoms in total. The molecule has 1 saturated heterocycles. The van der Waals surface area contributed by atoms with Gasteiger partial charge in [0, 0.05) is 6.42 Å². The third-order valence-electron chi connectivity index (χ3n) is 6.96. The van der Waals surface area contributed by atoms with Gasteiger partial charge < -0.3 is 5.32 Å². The molecular formula is C25H44N2O3. The van der Waals surface area contributed by atoms with Crippen molar-refractivity contribution in [1.82, 2.24) is 10.2 Å². The first-order valence-electron chi connectivity index (χ1n) is 12.7. The Kier molecular flexibility index (Phi) is 10.9. The van der Waals surface area contributed by atoms with Gasteiger partial charge in [0.2, 0.25) is 11.8 Å². The number of carbonyl (C=O) groups is 3. The Labute approximate surface area is 183 Å². The Morgan fingerprint density at radius 3 is 1.83 bits per heavy atom. The minimum Gasteiger partial charge on any atom is -0.343 e. The van der Waals surface area contributed by atoms with Crippen LogP contribution in [0, 0.1) is 0 Å². The summed E-state index contributed by atoms with van der Waals surface area (Å²) < 4.78 is 0. The van der Waals surface area contributed by atoms with E-state index < -0.39 is 11.6 Å². The van der Waals surface area contributed by atoms with Crippen molar-refractivity contribution in [3.63, 3.8) is 0 Å². The second-order valence-electron chi connectivity index (χ2n) is 9.49. The largest absolute Gasteiger partial charge is 0.343 e. The van der Waals surface area contributed by atoms with E-state index in [0.29, 0.717) is 19.3 Å². The lowest BCUT2D eigenvalue weighted by Gasteiger charge is -2.44. The van der Waals surface area contributed by atoms with Crippen molar-refractivity contribution in [3.8, 4) is 0 Å². The minimum atomic E-state index is -0.906. The standard InChI is InChI=1S/C25H44N2O3/c1-3-4-5-6-7-8-9-10-11-12-13-14-15-18-22(28)27-23(29)21(2)26-24(30)25(27)19-16-17-20-25/h21H,3-20H2,1-2H3,(H,26,30). The molecule has 2 fully saturated rings. The number of nitrogens with zero attached hydrogens (tertiary/aromatic N) is 1. The molecule has 1 saturated carbocycles. The summed E-state index contributed by atoms with van der Waals surface area (Å²) in [6.07, 6.45) is 19.8. The SMILES string of the molecule is CCCCCCCCCCCCCCCC(=O)N1C(=O)C(C)NC(=O)C12CCCC2. The zero-order valence-electron chi connectivity index (χ0n) is 19.5. The first-order valence-corrected chi connectivity index (χ1v) is 12.7. The molecule has 2 rings (SSSR count). The number of nitrogens with one attached hydrogen (secondary N) is 1. The molecular weight excluding hydrogens is 376 g/mol. The van der Waals surface area contributed by atoms with E-state index in [1.165, 1.54) is 69.1 Å². The van der Waals surface area contributed by atoms with E-state index in [4.69, 9.17) is 0 Å². The number of carbonyl (C=O) groups excluding carboxylic acids is 3. The number of hydrogen-bond acceptors (Lipinski definition) is 3. The molecule has 3 amide bonds. The molecule has 1 aliphatic heterocycles. The Bertz CT molecular complexity index is 555. The number of unbranched alkanes of at least 4 members (excludes halogenated alkanes) is 12. The summed E-state index contributed by atoms with van der Waals surface area (Å²) in [5.74, 6) is -0.506. The Balaban J connectivity index is 1.59. The van der Waals surface area contributed by atoms with Gasteiger partial charge in [0.25, 0.3) is 5.91 Å². The van der Waals surface area contributed by atoms with Crippen molar-refractivity contribution in [3.05, 3.63) is 0 Å². The molecule has 2 aliphatic rings. The van der Waals surface area contributed by atoms with Crippen molar-refractivity contribution in [1.29, 1.82) is 0 Å². The van der Waals surface area contributed by atoms with Gasteiger partial charge in [-0.3, -0.25) is 19.3 Å². The van der Waals surface area contributed by atoms with Crippen LogP contribution in [0.2, 0.25) is 0 Å². The van der Waals surface area contributed by atoms with Crippen LogP contribution >= 0.6 is 0 Å². The Hall–Kier alpha value is -1.39. The van der Waals surface area contributed by atoms with Crippen molar-refractivity contribution < 1.29 is 14.4 Å². The van der Waals surface area contributed by atoms with Gasteiger partial charge >= 0.3 is 0 Å². The van der Waals surface area contributed by atoms with E-state index in [2.05, 4.69) is 12.2 Å². The summed E-state index contributed by atoms with van der Waals surface area (Å²) in [5, 5.41) is 2.78. The number of hydrogen-bond donors (Lipinski definition) is 1. The highest BCUT2D eigenvalue weighted by Crippen LogP contribution is 2.38. The van der Waals surface area contributed by atoms with Gasteiger partial charge in [0.1, 0.15) is 11.6 Å². The van der Waals surface area contributed by atoms with Crippen LogP contribution in [0.1, 0.15) is 129 Å². The summed E-state index contributed by atoms with van der Waals surface area (Å²) in [7, 11) is 0. The third-order valence-corrected chi connectivity index (χ3v) is 6.96. The van der Waals surface area contributed by atoms with Crippen LogP contribution in [0.15, 0.2) is 0 Å². The average molecular weight is 421 g/mol. The van der Waals surface area contributed by atoms with E-state index in [1.807, 2.05) is 0 Å². The molecule has 1 N–H and O–H groups in total. The molecule has 1 aliphatic carbocycles. The van der Waals surface area contributed by atoms with Crippen LogP contribution in [0.5, 0.6) is 0 Å². The number of amides is 3. The summed E-state index contributed by atoms with van der Waals surface area (Å²) in [6.45, 7) is 3.93. The van der Waals surface area contributed by atoms with Crippen LogP contribution in [0.3, 0.4) is 0 Å². The molecule has 1 spiro atoms. The van der Waals surface area contributed by atoms with Gasteiger partial charge in [-0.05, 0) is 26.2 Å². The second-order valence-corrected chi connectivity index (χ2v) is 9.49. The summed E-state index contributed by atoms with van der Waals surface area (Å²) >= 11 is 0. The summed E-state index contributed by atoms with van der Waals surface area (Å²) in [5.41, 5.74) is -0.906. The predicted octanol–water partition coefficient (Wildman–Crippen LogP) is 5.65. The molecule has 0 bridgehead atoms. The van der Waals surface area contributed by atoms with Gasteiger partial charge in [-0.2, -0.15) is 0 Å². The number of piperazine rings is 1. The third kappa shape index (κ3) is 6.81. The van der Waals surface area contributed by atoms with Crippen molar-refractivity contribution >= 4 is 17.7 Å². The maximum absolute atomic E-state index is 12.9. The van der Waals surface area contributed by atoms with Crippen LogP contribution in [-0.2, 0) is 14.4 Å². The molecule has 0 radical (unpaired) electrons. The molecule has 172 valence electrons. The van der Waals surface area contributed by atoms with Crippen LogP contribution in [-0.4, -0.2) is 34.2 Å². The van der Waals surface area contributed by atoms with E-state index in [0.717, 1.165) is 32.1 Å². The highest BCUT2D eigenvalue weighted by molar-refractivity contribution is 6.08. The molecule has 30 heavy (non-hydrogen) atoms. The van der Waals surface area contributed by atoms with Gasteiger partial charge in [0.05, 0.1) is 0 Å². The van der Waals surface area contributed by atoms with E-state index in [-0.39, 0.29) is 17.7 Å². The maximum atomic E-state index is 12.9. The molecule has 1 heterocycles. The fourth-order valence-electron chi connectivity index (χ4n) is 5.08. The Morgan fingerprint density at radius 1 is 0.867 bits per heavy atom. The van der Waals surface area contributed by atoms with E-state index in [9.17, 15) is 14.4 Å². The minimum absolute atomic E-state index is 0.134. The highest BCUT2D eigenvalue weighted by Gasteiger charge is 2.55. The lowest BCUT2D eigenvalue weighted by atomic mass is 9.89.